The smallest absolute Gasteiger partial charge is 0.238 e. The third-order valence-corrected chi connectivity index (χ3v) is 4.14. The van der Waals surface area contributed by atoms with Crippen LogP contribution in [0.4, 0.5) is 5.69 Å². The van der Waals surface area contributed by atoms with Crippen LogP contribution in [0.3, 0.4) is 0 Å². The molecule has 0 unspecified atom stereocenters. The van der Waals surface area contributed by atoms with Crippen molar-refractivity contribution in [1.29, 1.82) is 0 Å². The van der Waals surface area contributed by atoms with Crippen molar-refractivity contribution in [3.05, 3.63) is 27.8 Å². The molecule has 3 N–H and O–H groups in total. The third-order valence-electron chi connectivity index (χ3n) is 3.42. The van der Waals surface area contributed by atoms with Gasteiger partial charge in [-0.15, -0.1) is 0 Å². The van der Waals surface area contributed by atoms with E-state index < -0.39 is 0 Å². The number of anilines is 1. The minimum atomic E-state index is -0.341. The van der Waals surface area contributed by atoms with Crippen LogP contribution in [0, 0.1) is 3.57 Å². The van der Waals surface area contributed by atoms with Crippen molar-refractivity contribution < 1.29 is 9.59 Å². The summed E-state index contributed by atoms with van der Waals surface area (Å²) in [5.41, 5.74) is 6.16. The van der Waals surface area contributed by atoms with E-state index in [9.17, 15) is 9.59 Å². The molecule has 0 aromatic heterocycles. The molecule has 20 heavy (non-hydrogen) atoms. The maximum atomic E-state index is 12.0. The predicted molar refractivity (Wildman–Crippen MR) is 86.2 cm³/mol. The average Bonchev–Trinajstić information content (AvgIpc) is 2.41. The van der Waals surface area contributed by atoms with Gasteiger partial charge >= 0.3 is 0 Å². The van der Waals surface area contributed by atoms with Crippen molar-refractivity contribution in [3.8, 4) is 0 Å². The summed E-state index contributed by atoms with van der Waals surface area (Å²) in [5, 5.41) is 2.84. The first-order valence-electron chi connectivity index (χ1n) is 6.65. The Bertz CT molecular complexity index is 490. The van der Waals surface area contributed by atoms with Gasteiger partial charge in [-0.25, -0.2) is 0 Å². The van der Waals surface area contributed by atoms with E-state index in [4.69, 9.17) is 5.73 Å². The van der Waals surface area contributed by atoms with Gasteiger partial charge in [0.1, 0.15) is 0 Å². The van der Waals surface area contributed by atoms with Crippen LogP contribution in [0.1, 0.15) is 19.3 Å². The van der Waals surface area contributed by atoms with Crippen molar-refractivity contribution in [3.63, 3.8) is 0 Å². The van der Waals surface area contributed by atoms with Gasteiger partial charge in [-0.05, 0) is 66.2 Å². The molecule has 1 aromatic rings. The number of rotatable bonds is 4. The van der Waals surface area contributed by atoms with Crippen molar-refractivity contribution in [2.24, 2.45) is 5.73 Å². The fraction of sp³-hybridized carbons (Fsp3) is 0.429. The number of hydrogen-bond donors (Lipinski definition) is 2. The van der Waals surface area contributed by atoms with Gasteiger partial charge in [0.25, 0.3) is 0 Å². The number of primary amides is 1. The molecule has 1 saturated heterocycles. The number of carbonyl (C=O) groups is 2. The maximum Gasteiger partial charge on any atom is 0.238 e. The molecule has 6 heteroatoms. The molecule has 1 aliphatic heterocycles. The summed E-state index contributed by atoms with van der Waals surface area (Å²) in [6, 6.07) is 7.28. The summed E-state index contributed by atoms with van der Waals surface area (Å²) in [7, 11) is 0. The van der Waals surface area contributed by atoms with Gasteiger partial charge in [0.05, 0.1) is 12.6 Å². The molecule has 0 radical (unpaired) electrons. The first kappa shape index (κ1) is 15.2. The number of likely N-dealkylation sites (tertiary alicyclic amines) is 1. The van der Waals surface area contributed by atoms with Gasteiger partial charge in [0.2, 0.25) is 11.8 Å². The Kier molecular flexibility index (Phi) is 5.36. The zero-order valence-corrected chi connectivity index (χ0v) is 13.3. The van der Waals surface area contributed by atoms with Gasteiger partial charge in [0.15, 0.2) is 0 Å². The lowest BCUT2D eigenvalue weighted by molar-refractivity contribution is -0.126. The van der Waals surface area contributed by atoms with Crippen LogP contribution in [0.25, 0.3) is 0 Å². The molecule has 108 valence electrons. The minimum Gasteiger partial charge on any atom is -0.368 e. The van der Waals surface area contributed by atoms with Crippen LogP contribution in [0.2, 0.25) is 0 Å². The monoisotopic (exact) mass is 387 g/mol. The molecule has 1 heterocycles. The Hall–Kier alpha value is -1.15. The maximum absolute atomic E-state index is 12.0. The lowest BCUT2D eigenvalue weighted by atomic mass is 10.0. The number of halogens is 1. The van der Waals surface area contributed by atoms with Crippen LogP contribution < -0.4 is 11.1 Å². The molecule has 1 atom stereocenters. The molecule has 0 spiro atoms. The van der Waals surface area contributed by atoms with Gasteiger partial charge in [-0.2, -0.15) is 0 Å². The largest absolute Gasteiger partial charge is 0.368 e. The number of hydrogen-bond acceptors (Lipinski definition) is 3. The molecule has 1 aliphatic rings. The fourth-order valence-corrected chi connectivity index (χ4v) is 2.78. The van der Waals surface area contributed by atoms with E-state index >= 15 is 0 Å². The first-order chi connectivity index (χ1) is 9.56. The number of nitrogens with zero attached hydrogens (tertiary/aromatic N) is 1. The molecule has 0 aliphatic carbocycles. The minimum absolute atomic E-state index is 0.112. The zero-order valence-electron chi connectivity index (χ0n) is 11.1. The van der Waals surface area contributed by atoms with Crippen molar-refractivity contribution in [1.82, 2.24) is 4.90 Å². The van der Waals surface area contributed by atoms with Crippen LogP contribution in [-0.2, 0) is 9.59 Å². The molecular formula is C14H18IN3O2. The van der Waals surface area contributed by atoms with Crippen LogP contribution in [0.5, 0.6) is 0 Å². The van der Waals surface area contributed by atoms with Gasteiger partial charge in [-0.1, -0.05) is 6.42 Å². The standard InChI is InChI=1S/C14H18IN3O2/c15-10-4-6-11(7-5-10)17-13(19)9-18-8-2-1-3-12(18)14(16)20/h4-7,12H,1-3,8-9H2,(H2,16,20)(H,17,19)/t12-/m1/s1. The highest BCUT2D eigenvalue weighted by Gasteiger charge is 2.28. The molecular weight excluding hydrogens is 369 g/mol. The van der Waals surface area contributed by atoms with Crippen molar-refractivity contribution >= 4 is 40.1 Å². The molecule has 0 saturated carbocycles. The fourth-order valence-electron chi connectivity index (χ4n) is 2.42. The van der Waals surface area contributed by atoms with E-state index in [-0.39, 0.29) is 24.4 Å². The normalized spacial score (nSPS) is 19.6. The highest BCUT2D eigenvalue weighted by atomic mass is 127. The summed E-state index contributed by atoms with van der Waals surface area (Å²) >= 11 is 2.21. The zero-order chi connectivity index (χ0) is 14.5. The highest BCUT2D eigenvalue weighted by molar-refractivity contribution is 14.1. The lowest BCUT2D eigenvalue weighted by Crippen LogP contribution is -2.50. The second-order valence-corrected chi connectivity index (χ2v) is 6.19. The Morgan fingerprint density at radius 3 is 2.65 bits per heavy atom. The lowest BCUT2D eigenvalue weighted by Gasteiger charge is -2.32. The van der Waals surface area contributed by atoms with E-state index in [0.29, 0.717) is 0 Å². The van der Waals surface area contributed by atoms with E-state index in [2.05, 4.69) is 27.9 Å². The summed E-state index contributed by atoms with van der Waals surface area (Å²) in [5.74, 6) is -0.453. The molecule has 2 amide bonds. The van der Waals surface area contributed by atoms with Crippen LogP contribution in [0.15, 0.2) is 24.3 Å². The van der Waals surface area contributed by atoms with E-state index in [1.165, 1.54) is 0 Å². The Morgan fingerprint density at radius 2 is 2.00 bits per heavy atom. The number of amides is 2. The van der Waals surface area contributed by atoms with E-state index in [1.54, 1.807) is 0 Å². The topological polar surface area (TPSA) is 75.4 Å². The molecule has 1 aromatic carbocycles. The third kappa shape index (κ3) is 4.17. The number of piperidine rings is 1. The van der Waals surface area contributed by atoms with Crippen molar-refractivity contribution in [2.45, 2.75) is 25.3 Å². The highest BCUT2D eigenvalue weighted by Crippen LogP contribution is 2.17. The van der Waals surface area contributed by atoms with E-state index in [0.717, 1.165) is 35.1 Å². The van der Waals surface area contributed by atoms with Crippen molar-refractivity contribution in [2.75, 3.05) is 18.4 Å². The number of carbonyl (C=O) groups excluding carboxylic acids is 2. The molecule has 1 fully saturated rings. The quantitative estimate of drug-likeness (QED) is 0.771. The number of benzene rings is 1. The van der Waals surface area contributed by atoms with Gasteiger partial charge < -0.3 is 11.1 Å². The number of nitrogens with one attached hydrogen (secondary N) is 1. The summed E-state index contributed by atoms with van der Waals surface area (Å²) < 4.78 is 1.12. The van der Waals surface area contributed by atoms with Crippen LogP contribution in [-0.4, -0.2) is 35.8 Å². The van der Waals surface area contributed by atoms with Crippen LogP contribution >= 0.6 is 22.6 Å². The predicted octanol–water partition coefficient (Wildman–Crippen LogP) is 1.57. The summed E-state index contributed by atoms with van der Waals surface area (Å²) in [6.07, 6.45) is 2.73. The van der Waals surface area contributed by atoms with E-state index in [1.807, 2.05) is 29.2 Å². The Labute approximate surface area is 132 Å². The molecule has 0 bridgehead atoms. The number of nitrogens with two attached hydrogens (primary N) is 1. The van der Waals surface area contributed by atoms with Gasteiger partial charge in [0, 0.05) is 9.26 Å². The molecule has 2 rings (SSSR count). The molecule has 5 nitrogen and oxygen atoms in total. The summed E-state index contributed by atoms with van der Waals surface area (Å²) in [6.45, 7) is 0.952. The summed E-state index contributed by atoms with van der Waals surface area (Å²) in [4.78, 5) is 25.3. The van der Waals surface area contributed by atoms with Gasteiger partial charge in [-0.3, -0.25) is 14.5 Å². The Morgan fingerprint density at radius 1 is 1.30 bits per heavy atom. The second-order valence-electron chi connectivity index (χ2n) is 4.94. The second kappa shape index (κ2) is 7.03. The SMILES string of the molecule is NC(=O)[C@H]1CCCCN1CC(=O)Nc1ccc(I)cc1. The first-order valence-corrected chi connectivity index (χ1v) is 7.73. The Balaban J connectivity index is 1.92. The average molecular weight is 387 g/mol.